The maximum absolute atomic E-state index is 12.2. The zero-order chi connectivity index (χ0) is 19.2. The molecule has 2 aromatic heterocycles. The molecule has 0 unspecified atom stereocenters. The van der Waals surface area contributed by atoms with E-state index in [4.69, 9.17) is 4.74 Å². The second-order valence-corrected chi connectivity index (χ2v) is 7.29. The molecule has 0 aliphatic heterocycles. The van der Waals surface area contributed by atoms with Crippen molar-refractivity contribution in [1.29, 1.82) is 0 Å². The molecule has 138 valence electrons. The normalized spacial score (nSPS) is 10.4. The zero-order valence-electron chi connectivity index (χ0n) is 14.0. The van der Waals surface area contributed by atoms with Gasteiger partial charge < -0.3 is 10.1 Å². The monoisotopic (exact) mass is 403 g/mol. The van der Waals surface area contributed by atoms with Crippen molar-refractivity contribution in [3.63, 3.8) is 0 Å². The summed E-state index contributed by atoms with van der Waals surface area (Å²) in [5.74, 6) is 0.00228. The molecule has 3 aromatic rings. The maximum atomic E-state index is 12.2. The third-order valence-electron chi connectivity index (χ3n) is 3.32. The molecule has 0 spiro atoms. The number of benzene rings is 1. The van der Waals surface area contributed by atoms with Crippen molar-refractivity contribution in [2.45, 2.75) is 4.34 Å². The van der Waals surface area contributed by atoms with Gasteiger partial charge >= 0.3 is 0 Å². The van der Waals surface area contributed by atoms with Gasteiger partial charge in [0.15, 0.2) is 4.34 Å². The third-order valence-corrected chi connectivity index (χ3v) is 5.42. The number of nitro benzene ring substituents is 1. The molecule has 0 saturated carbocycles. The molecule has 3 rings (SSSR count). The van der Waals surface area contributed by atoms with E-state index in [0.717, 1.165) is 5.56 Å². The number of nitrogens with one attached hydrogen (secondary N) is 1. The lowest BCUT2D eigenvalue weighted by molar-refractivity contribution is -0.384. The third kappa shape index (κ3) is 4.77. The molecule has 0 aliphatic rings. The van der Waals surface area contributed by atoms with Crippen LogP contribution >= 0.6 is 23.1 Å². The standard InChI is InChI=1S/C16H13N5O4S2/c1-25-11-4-5-12(13(7-11)21(23)24)18-14(22)9-26-16-20-19-15(27-16)10-3-2-6-17-8-10/h2-8H,9H2,1H3,(H,18,22). The fourth-order valence-corrected chi connectivity index (χ4v) is 3.72. The van der Waals surface area contributed by atoms with E-state index in [-0.39, 0.29) is 23.0 Å². The van der Waals surface area contributed by atoms with E-state index in [2.05, 4.69) is 20.5 Å². The molecule has 0 aliphatic carbocycles. The minimum absolute atomic E-state index is 0.0465. The van der Waals surface area contributed by atoms with Gasteiger partial charge in [0.25, 0.3) is 5.69 Å². The number of hydrogen-bond acceptors (Lipinski definition) is 9. The van der Waals surface area contributed by atoms with Crippen LogP contribution in [0.25, 0.3) is 10.6 Å². The molecule has 0 bridgehead atoms. The van der Waals surface area contributed by atoms with Crippen LogP contribution in [-0.4, -0.2) is 38.9 Å². The fraction of sp³-hybridized carbons (Fsp3) is 0.125. The van der Waals surface area contributed by atoms with Crippen LogP contribution in [0.2, 0.25) is 0 Å². The van der Waals surface area contributed by atoms with Crippen LogP contribution in [-0.2, 0) is 4.79 Å². The van der Waals surface area contributed by atoms with E-state index in [1.807, 2.05) is 6.07 Å². The number of carbonyl (C=O) groups excluding carboxylic acids is 1. The van der Waals surface area contributed by atoms with E-state index in [9.17, 15) is 14.9 Å². The molecule has 1 amide bonds. The number of thioether (sulfide) groups is 1. The van der Waals surface area contributed by atoms with Crippen LogP contribution in [0.4, 0.5) is 11.4 Å². The second kappa shape index (κ2) is 8.56. The first-order valence-electron chi connectivity index (χ1n) is 7.56. The molecule has 0 atom stereocenters. The first kappa shape index (κ1) is 18.7. The Hall–Kier alpha value is -3.05. The lowest BCUT2D eigenvalue weighted by atomic mass is 10.2. The first-order chi connectivity index (χ1) is 13.1. The summed E-state index contributed by atoms with van der Waals surface area (Å²) in [6.07, 6.45) is 3.35. The molecule has 0 radical (unpaired) electrons. The Morgan fingerprint density at radius 3 is 2.93 bits per heavy atom. The van der Waals surface area contributed by atoms with Gasteiger partial charge in [0.1, 0.15) is 16.4 Å². The molecule has 0 fully saturated rings. The summed E-state index contributed by atoms with van der Waals surface area (Å²) in [5, 5.41) is 22.5. The number of anilines is 1. The molecule has 27 heavy (non-hydrogen) atoms. The van der Waals surface area contributed by atoms with Gasteiger partial charge in [0.05, 0.1) is 23.9 Å². The highest BCUT2D eigenvalue weighted by molar-refractivity contribution is 8.01. The Labute approximate surface area is 162 Å². The molecule has 11 heteroatoms. The zero-order valence-corrected chi connectivity index (χ0v) is 15.6. The predicted molar refractivity (Wildman–Crippen MR) is 102 cm³/mol. The average molecular weight is 403 g/mol. The van der Waals surface area contributed by atoms with Crippen molar-refractivity contribution in [2.24, 2.45) is 0 Å². The minimum atomic E-state index is -0.573. The number of carbonyl (C=O) groups is 1. The highest BCUT2D eigenvalue weighted by atomic mass is 32.2. The summed E-state index contributed by atoms with van der Waals surface area (Å²) in [6, 6.07) is 7.91. The van der Waals surface area contributed by atoms with E-state index in [0.29, 0.717) is 15.1 Å². The summed E-state index contributed by atoms with van der Waals surface area (Å²) in [4.78, 5) is 26.8. The summed E-state index contributed by atoms with van der Waals surface area (Å²) in [5.41, 5.74) is 0.724. The number of nitrogens with zero attached hydrogens (tertiary/aromatic N) is 4. The van der Waals surface area contributed by atoms with Crippen molar-refractivity contribution in [2.75, 3.05) is 18.2 Å². The Morgan fingerprint density at radius 1 is 1.37 bits per heavy atom. The molecular formula is C16H13N5O4S2. The highest BCUT2D eigenvalue weighted by Gasteiger charge is 2.18. The summed E-state index contributed by atoms with van der Waals surface area (Å²) in [6.45, 7) is 0. The van der Waals surface area contributed by atoms with Crippen LogP contribution in [0, 0.1) is 10.1 Å². The summed E-state index contributed by atoms with van der Waals surface area (Å²) in [7, 11) is 1.41. The van der Waals surface area contributed by atoms with Gasteiger partial charge in [0, 0.05) is 18.0 Å². The number of nitro groups is 1. The Bertz CT molecular complexity index is 964. The Kier molecular flexibility index (Phi) is 5.94. The molecule has 9 nitrogen and oxygen atoms in total. The number of methoxy groups -OCH3 is 1. The van der Waals surface area contributed by atoms with Crippen molar-refractivity contribution in [3.05, 3.63) is 52.8 Å². The lowest BCUT2D eigenvalue weighted by Crippen LogP contribution is -2.15. The summed E-state index contributed by atoms with van der Waals surface area (Å²) < 4.78 is 5.59. The number of rotatable bonds is 7. The smallest absolute Gasteiger partial charge is 0.296 e. The van der Waals surface area contributed by atoms with Crippen molar-refractivity contribution >= 4 is 40.4 Å². The van der Waals surface area contributed by atoms with Gasteiger partial charge in [0.2, 0.25) is 5.91 Å². The van der Waals surface area contributed by atoms with Crippen molar-refractivity contribution in [3.8, 4) is 16.3 Å². The van der Waals surface area contributed by atoms with E-state index < -0.39 is 4.92 Å². The van der Waals surface area contributed by atoms with Crippen LogP contribution in [0.15, 0.2) is 47.1 Å². The molecule has 2 heterocycles. The van der Waals surface area contributed by atoms with Crippen LogP contribution in [0.3, 0.4) is 0 Å². The van der Waals surface area contributed by atoms with Crippen LogP contribution < -0.4 is 10.1 Å². The molecule has 1 aromatic carbocycles. The van der Waals surface area contributed by atoms with Gasteiger partial charge in [-0.05, 0) is 24.3 Å². The quantitative estimate of drug-likeness (QED) is 0.363. The number of amides is 1. The SMILES string of the molecule is COc1ccc(NC(=O)CSc2nnc(-c3cccnc3)s2)c([N+](=O)[O-])c1. The topological polar surface area (TPSA) is 120 Å². The van der Waals surface area contributed by atoms with Gasteiger partial charge in [-0.2, -0.15) is 0 Å². The Balaban J connectivity index is 1.62. The number of hydrogen-bond donors (Lipinski definition) is 1. The fourth-order valence-electron chi connectivity index (χ4n) is 2.08. The predicted octanol–water partition coefficient (Wildman–Crippen LogP) is 3.25. The van der Waals surface area contributed by atoms with E-state index >= 15 is 0 Å². The van der Waals surface area contributed by atoms with Gasteiger partial charge in [-0.25, -0.2) is 0 Å². The lowest BCUT2D eigenvalue weighted by Gasteiger charge is -2.06. The Morgan fingerprint density at radius 2 is 2.22 bits per heavy atom. The van der Waals surface area contributed by atoms with Gasteiger partial charge in [-0.1, -0.05) is 23.1 Å². The molecule has 0 saturated heterocycles. The van der Waals surface area contributed by atoms with Crippen LogP contribution in [0.1, 0.15) is 0 Å². The highest BCUT2D eigenvalue weighted by Crippen LogP contribution is 2.31. The number of pyridine rings is 1. The second-order valence-electron chi connectivity index (χ2n) is 5.09. The van der Waals surface area contributed by atoms with E-state index in [1.54, 1.807) is 24.5 Å². The van der Waals surface area contributed by atoms with Crippen molar-refractivity contribution in [1.82, 2.24) is 15.2 Å². The van der Waals surface area contributed by atoms with Crippen molar-refractivity contribution < 1.29 is 14.5 Å². The average Bonchev–Trinajstić information content (AvgIpc) is 3.16. The van der Waals surface area contributed by atoms with Gasteiger partial charge in [-0.3, -0.25) is 19.9 Å². The number of aromatic nitrogens is 3. The van der Waals surface area contributed by atoms with Crippen LogP contribution in [0.5, 0.6) is 5.75 Å². The van der Waals surface area contributed by atoms with E-state index in [1.165, 1.54) is 42.3 Å². The molecule has 1 N–H and O–H groups in total. The maximum Gasteiger partial charge on any atom is 0.296 e. The first-order valence-corrected chi connectivity index (χ1v) is 9.36. The largest absolute Gasteiger partial charge is 0.496 e. The summed E-state index contributed by atoms with van der Waals surface area (Å²) >= 11 is 2.55. The molecular weight excluding hydrogens is 390 g/mol. The minimum Gasteiger partial charge on any atom is -0.496 e. The number of ether oxygens (including phenoxy) is 1. The van der Waals surface area contributed by atoms with Gasteiger partial charge in [-0.15, -0.1) is 10.2 Å².